The highest BCUT2D eigenvalue weighted by molar-refractivity contribution is 9.11. The van der Waals surface area contributed by atoms with Crippen molar-refractivity contribution in [2.75, 3.05) is 6.61 Å². The molecule has 1 aromatic carbocycles. The van der Waals surface area contributed by atoms with E-state index in [-0.39, 0.29) is 18.3 Å². The van der Waals surface area contributed by atoms with E-state index in [2.05, 4.69) is 26.5 Å². The second-order valence-electron chi connectivity index (χ2n) is 4.08. The van der Waals surface area contributed by atoms with Gasteiger partial charge in [0.25, 0.3) is 5.91 Å². The molecule has 0 unspecified atom stereocenters. The van der Waals surface area contributed by atoms with E-state index in [4.69, 9.17) is 4.74 Å². The van der Waals surface area contributed by atoms with Gasteiger partial charge in [-0.2, -0.15) is 5.10 Å². The van der Waals surface area contributed by atoms with Crippen molar-refractivity contribution in [1.82, 2.24) is 5.43 Å². The van der Waals surface area contributed by atoms with E-state index >= 15 is 0 Å². The van der Waals surface area contributed by atoms with Crippen molar-refractivity contribution >= 4 is 38.9 Å². The topological polar surface area (TPSA) is 50.7 Å². The van der Waals surface area contributed by atoms with E-state index in [9.17, 15) is 9.18 Å². The Balaban J connectivity index is 1.83. The number of nitrogens with one attached hydrogen (secondary N) is 1. The predicted octanol–water partition coefficient (Wildman–Crippen LogP) is 3.57. The molecule has 1 aromatic heterocycles. The highest BCUT2D eigenvalue weighted by Crippen LogP contribution is 2.22. The summed E-state index contributed by atoms with van der Waals surface area (Å²) in [6.45, 7) is 1.62. The fourth-order valence-corrected chi connectivity index (χ4v) is 2.75. The van der Waals surface area contributed by atoms with Crippen LogP contribution in [0.1, 0.15) is 11.8 Å². The SMILES string of the molecule is C/C(=N/NC(=O)COc1ccc(F)cc1)c1ccc(Br)s1. The van der Waals surface area contributed by atoms with Crippen molar-refractivity contribution in [3.8, 4) is 5.75 Å². The lowest BCUT2D eigenvalue weighted by atomic mass is 10.3. The first-order valence-electron chi connectivity index (χ1n) is 6.02. The Morgan fingerprint density at radius 3 is 2.67 bits per heavy atom. The fraction of sp³-hybridized carbons (Fsp3) is 0.143. The number of hydrogen-bond donors (Lipinski definition) is 1. The minimum absolute atomic E-state index is 0.184. The molecule has 2 rings (SSSR count). The van der Waals surface area contributed by atoms with E-state index in [0.29, 0.717) is 11.5 Å². The molecule has 1 amide bonds. The quantitative estimate of drug-likeness (QED) is 0.645. The summed E-state index contributed by atoms with van der Waals surface area (Å²) < 4.78 is 18.9. The van der Waals surface area contributed by atoms with Gasteiger partial charge < -0.3 is 4.74 Å². The van der Waals surface area contributed by atoms with E-state index in [0.717, 1.165) is 8.66 Å². The lowest BCUT2D eigenvalue weighted by molar-refractivity contribution is -0.123. The first kappa shape index (κ1) is 15.7. The maximum absolute atomic E-state index is 12.7. The second kappa shape index (κ2) is 7.33. The van der Waals surface area contributed by atoms with Gasteiger partial charge in [0.05, 0.1) is 14.4 Å². The van der Waals surface area contributed by atoms with Crippen molar-refractivity contribution in [3.63, 3.8) is 0 Å². The molecule has 1 heterocycles. The number of hydrazone groups is 1. The smallest absolute Gasteiger partial charge is 0.277 e. The fourth-order valence-electron chi connectivity index (χ4n) is 1.42. The first-order chi connectivity index (χ1) is 10.0. The van der Waals surface area contributed by atoms with Gasteiger partial charge in [-0.1, -0.05) is 0 Å². The van der Waals surface area contributed by atoms with Crippen molar-refractivity contribution in [2.24, 2.45) is 5.10 Å². The minimum Gasteiger partial charge on any atom is -0.484 e. The molecule has 0 fully saturated rings. The number of ether oxygens (including phenoxy) is 1. The Morgan fingerprint density at radius 1 is 1.33 bits per heavy atom. The standard InChI is InChI=1S/C14H12BrFN2O2S/c1-9(12-6-7-13(15)21-12)17-18-14(19)8-20-11-4-2-10(16)3-5-11/h2-7H,8H2,1H3,(H,18,19)/b17-9-. The van der Waals surface area contributed by atoms with Crippen LogP contribution < -0.4 is 10.2 Å². The largest absolute Gasteiger partial charge is 0.484 e. The number of carbonyl (C=O) groups excluding carboxylic acids is 1. The molecule has 1 N–H and O–H groups in total. The number of nitrogens with zero attached hydrogens (tertiary/aromatic N) is 1. The van der Waals surface area contributed by atoms with Crippen LogP contribution in [0.25, 0.3) is 0 Å². The van der Waals surface area contributed by atoms with Crippen molar-refractivity contribution in [2.45, 2.75) is 6.92 Å². The molecular weight excluding hydrogens is 359 g/mol. The summed E-state index contributed by atoms with van der Waals surface area (Å²) >= 11 is 4.89. The zero-order chi connectivity index (χ0) is 15.2. The third-order valence-electron chi connectivity index (χ3n) is 2.46. The van der Waals surface area contributed by atoms with Gasteiger partial charge in [0.1, 0.15) is 11.6 Å². The maximum Gasteiger partial charge on any atom is 0.277 e. The summed E-state index contributed by atoms with van der Waals surface area (Å²) in [5, 5.41) is 4.00. The molecule has 7 heteroatoms. The van der Waals surface area contributed by atoms with E-state index in [1.807, 2.05) is 12.1 Å². The van der Waals surface area contributed by atoms with E-state index in [1.165, 1.54) is 35.6 Å². The molecule has 0 radical (unpaired) electrons. The van der Waals surface area contributed by atoms with Gasteiger partial charge in [0, 0.05) is 0 Å². The molecule has 0 aliphatic carbocycles. The van der Waals surface area contributed by atoms with Gasteiger partial charge >= 0.3 is 0 Å². The number of hydrogen-bond acceptors (Lipinski definition) is 4. The molecule has 0 saturated heterocycles. The van der Waals surface area contributed by atoms with Gasteiger partial charge in [-0.3, -0.25) is 4.79 Å². The number of thiophene rings is 1. The van der Waals surface area contributed by atoms with Crippen LogP contribution in [-0.4, -0.2) is 18.2 Å². The molecule has 0 aliphatic heterocycles. The predicted molar refractivity (Wildman–Crippen MR) is 84.3 cm³/mol. The molecular formula is C14H12BrFN2O2S. The number of halogens is 2. The summed E-state index contributed by atoms with van der Waals surface area (Å²) in [5.41, 5.74) is 3.12. The van der Waals surface area contributed by atoms with Gasteiger partial charge in [-0.15, -0.1) is 11.3 Å². The Morgan fingerprint density at radius 2 is 2.05 bits per heavy atom. The Hall–Kier alpha value is -1.73. The zero-order valence-electron chi connectivity index (χ0n) is 11.1. The third kappa shape index (κ3) is 4.95. The normalized spacial score (nSPS) is 11.3. The summed E-state index contributed by atoms with van der Waals surface area (Å²) in [7, 11) is 0. The minimum atomic E-state index is -0.380. The van der Waals surface area contributed by atoms with Crippen LogP contribution in [0.15, 0.2) is 45.3 Å². The van der Waals surface area contributed by atoms with Gasteiger partial charge in [0.2, 0.25) is 0 Å². The van der Waals surface area contributed by atoms with Gasteiger partial charge in [-0.05, 0) is 59.3 Å². The Labute approximate surface area is 133 Å². The number of amides is 1. The van der Waals surface area contributed by atoms with Crippen molar-refractivity contribution < 1.29 is 13.9 Å². The molecule has 0 atom stereocenters. The first-order valence-corrected chi connectivity index (χ1v) is 7.63. The Kier molecular flexibility index (Phi) is 5.46. The average molecular weight is 371 g/mol. The van der Waals surface area contributed by atoms with Gasteiger partial charge in [-0.25, -0.2) is 9.82 Å². The van der Waals surface area contributed by atoms with Crippen LogP contribution in [0.3, 0.4) is 0 Å². The van der Waals surface area contributed by atoms with E-state index in [1.54, 1.807) is 6.92 Å². The number of benzene rings is 1. The van der Waals surface area contributed by atoms with Crippen LogP contribution in [0.5, 0.6) is 5.75 Å². The summed E-state index contributed by atoms with van der Waals surface area (Å²) in [4.78, 5) is 12.6. The number of rotatable bonds is 5. The molecule has 4 nitrogen and oxygen atoms in total. The van der Waals surface area contributed by atoms with Crippen molar-refractivity contribution in [1.29, 1.82) is 0 Å². The maximum atomic E-state index is 12.7. The second-order valence-corrected chi connectivity index (χ2v) is 6.54. The van der Waals surface area contributed by atoms with Crippen LogP contribution in [-0.2, 0) is 4.79 Å². The molecule has 0 spiro atoms. The lowest BCUT2D eigenvalue weighted by Gasteiger charge is -2.05. The molecule has 0 bridgehead atoms. The highest BCUT2D eigenvalue weighted by Gasteiger charge is 2.04. The van der Waals surface area contributed by atoms with Crippen LogP contribution in [0, 0.1) is 5.82 Å². The van der Waals surface area contributed by atoms with Crippen LogP contribution in [0.2, 0.25) is 0 Å². The molecule has 21 heavy (non-hydrogen) atoms. The summed E-state index contributed by atoms with van der Waals surface area (Å²) in [5.74, 6) is -0.308. The molecule has 2 aromatic rings. The monoisotopic (exact) mass is 370 g/mol. The van der Waals surface area contributed by atoms with Crippen LogP contribution >= 0.6 is 27.3 Å². The molecule has 110 valence electrons. The van der Waals surface area contributed by atoms with Crippen molar-refractivity contribution in [3.05, 3.63) is 50.9 Å². The van der Waals surface area contributed by atoms with E-state index < -0.39 is 0 Å². The molecule has 0 aliphatic rings. The number of carbonyl (C=O) groups is 1. The molecule has 0 saturated carbocycles. The Bertz CT molecular complexity index is 655. The van der Waals surface area contributed by atoms with Gasteiger partial charge in [0.15, 0.2) is 6.61 Å². The highest BCUT2D eigenvalue weighted by atomic mass is 79.9. The lowest BCUT2D eigenvalue weighted by Crippen LogP contribution is -2.25. The average Bonchev–Trinajstić information content (AvgIpc) is 2.91. The summed E-state index contributed by atoms with van der Waals surface area (Å²) in [6, 6.07) is 9.28. The zero-order valence-corrected chi connectivity index (χ0v) is 13.5. The third-order valence-corrected chi connectivity index (χ3v) is 4.19. The summed E-state index contributed by atoms with van der Waals surface area (Å²) in [6.07, 6.45) is 0. The van der Waals surface area contributed by atoms with Crippen LogP contribution in [0.4, 0.5) is 4.39 Å².